The third kappa shape index (κ3) is 11.6. The molecule has 1 amide bonds. The maximum atomic E-state index is 12.7. The number of carbonyl (C=O) groups excluding carboxylic acids is 1. The summed E-state index contributed by atoms with van der Waals surface area (Å²) in [6, 6.07) is -0.110. The lowest BCUT2D eigenvalue weighted by Crippen LogP contribution is -2.51. The van der Waals surface area contributed by atoms with E-state index in [1.165, 1.54) is 0 Å². The van der Waals surface area contributed by atoms with Gasteiger partial charge in [-0.25, -0.2) is 0 Å². The topological polar surface area (TPSA) is 47.6 Å². The van der Waals surface area contributed by atoms with E-state index in [1.54, 1.807) is 0 Å². The largest absolute Gasteiger partial charge is 0.379 e. The Hall–Kier alpha value is -0.610. The molecule has 0 unspecified atom stereocenters. The lowest BCUT2D eigenvalue weighted by Gasteiger charge is -2.38. The average Bonchev–Trinajstić information content (AvgIpc) is 2.46. The summed E-state index contributed by atoms with van der Waals surface area (Å²) in [7, 11) is 0. The highest BCUT2D eigenvalue weighted by molar-refractivity contribution is 5.82. The molecule has 0 aromatic rings. The number of ether oxygens (including phenoxy) is 2. The summed E-state index contributed by atoms with van der Waals surface area (Å²) in [6.07, 6.45) is 0. The first-order chi connectivity index (χ1) is 11.4. The predicted molar refractivity (Wildman–Crippen MR) is 108 cm³/mol. The number of hydrogen-bond donors (Lipinski definition) is 1. The maximum absolute atomic E-state index is 12.7. The van der Waals surface area contributed by atoms with Crippen molar-refractivity contribution in [1.29, 1.82) is 0 Å². The number of rotatable bonds is 10. The molecule has 4 nitrogen and oxygen atoms in total. The van der Waals surface area contributed by atoms with Gasteiger partial charge in [0.1, 0.15) is 0 Å². The molecule has 0 aliphatic carbocycles. The highest BCUT2D eigenvalue weighted by atomic mass is 16.5. The molecule has 0 rings (SSSR count). The molecule has 0 bridgehead atoms. The van der Waals surface area contributed by atoms with Crippen LogP contribution in [0.2, 0.25) is 0 Å². The molecule has 0 aliphatic heterocycles. The van der Waals surface area contributed by atoms with E-state index >= 15 is 0 Å². The standard InChI is InChI=1S/C19H39NO3.C2H6/c1-14(2)10-22-12-16(13-23-11-15(3)4)20-17(21)19(8,9)18(5,6)7;1-2/h14-16H,10-13H2,1-9H3,(H,20,21);1-2H3. The van der Waals surface area contributed by atoms with Gasteiger partial charge in [0.05, 0.1) is 19.3 Å². The molecular weight excluding hydrogens is 314 g/mol. The van der Waals surface area contributed by atoms with E-state index < -0.39 is 5.41 Å². The van der Waals surface area contributed by atoms with Gasteiger partial charge >= 0.3 is 0 Å². The minimum absolute atomic E-state index is 0.0521. The number of carbonyl (C=O) groups is 1. The Morgan fingerprint density at radius 1 is 0.800 bits per heavy atom. The zero-order valence-electron chi connectivity index (χ0n) is 18.8. The summed E-state index contributed by atoms with van der Waals surface area (Å²) >= 11 is 0. The summed E-state index contributed by atoms with van der Waals surface area (Å²) in [6.45, 7) is 25.1. The summed E-state index contributed by atoms with van der Waals surface area (Å²) in [4.78, 5) is 12.7. The average molecular weight is 360 g/mol. The first-order valence-electron chi connectivity index (χ1n) is 9.84. The van der Waals surface area contributed by atoms with Gasteiger partial charge in [0.2, 0.25) is 5.91 Å². The van der Waals surface area contributed by atoms with E-state index in [4.69, 9.17) is 9.47 Å². The van der Waals surface area contributed by atoms with Crippen LogP contribution in [0.4, 0.5) is 0 Å². The second-order valence-electron chi connectivity index (χ2n) is 8.91. The fourth-order valence-electron chi connectivity index (χ4n) is 1.73. The molecule has 1 N–H and O–H groups in total. The van der Waals surface area contributed by atoms with Crippen molar-refractivity contribution in [2.45, 2.75) is 82.2 Å². The van der Waals surface area contributed by atoms with Gasteiger partial charge in [-0.1, -0.05) is 76.2 Å². The van der Waals surface area contributed by atoms with Gasteiger partial charge in [-0.05, 0) is 17.3 Å². The molecular formula is C21H45NO3. The van der Waals surface area contributed by atoms with Gasteiger partial charge < -0.3 is 14.8 Å². The lowest BCUT2D eigenvalue weighted by atomic mass is 9.68. The summed E-state index contributed by atoms with van der Waals surface area (Å²) < 4.78 is 11.4. The van der Waals surface area contributed by atoms with Crippen molar-refractivity contribution in [3.05, 3.63) is 0 Å². The second-order valence-corrected chi connectivity index (χ2v) is 8.91. The van der Waals surface area contributed by atoms with E-state index in [-0.39, 0.29) is 17.4 Å². The quantitative estimate of drug-likeness (QED) is 0.602. The van der Waals surface area contributed by atoms with Crippen molar-refractivity contribution in [1.82, 2.24) is 5.32 Å². The van der Waals surface area contributed by atoms with Crippen LogP contribution in [0.5, 0.6) is 0 Å². The van der Waals surface area contributed by atoms with E-state index in [1.807, 2.05) is 27.7 Å². The van der Waals surface area contributed by atoms with Crippen LogP contribution < -0.4 is 5.32 Å². The molecule has 0 spiro atoms. The van der Waals surface area contributed by atoms with Gasteiger partial charge in [-0.3, -0.25) is 4.79 Å². The minimum atomic E-state index is -0.457. The molecule has 0 aromatic carbocycles. The van der Waals surface area contributed by atoms with Crippen LogP contribution in [0, 0.1) is 22.7 Å². The highest BCUT2D eigenvalue weighted by Crippen LogP contribution is 2.37. The third-order valence-electron chi connectivity index (χ3n) is 4.32. The lowest BCUT2D eigenvalue weighted by molar-refractivity contribution is -0.136. The van der Waals surface area contributed by atoms with Crippen molar-refractivity contribution < 1.29 is 14.3 Å². The Bertz CT molecular complexity index is 330. The van der Waals surface area contributed by atoms with Crippen molar-refractivity contribution in [2.75, 3.05) is 26.4 Å². The van der Waals surface area contributed by atoms with Gasteiger partial charge in [0.25, 0.3) is 0 Å². The van der Waals surface area contributed by atoms with Crippen LogP contribution in [-0.4, -0.2) is 38.4 Å². The highest BCUT2D eigenvalue weighted by Gasteiger charge is 2.40. The van der Waals surface area contributed by atoms with Crippen molar-refractivity contribution in [2.24, 2.45) is 22.7 Å². The van der Waals surface area contributed by atoms with E-state index in [2.05, 4.69) is 53.8 Å². The van der Waals surface area contributed by atoms with Gasteiger partial charge in [0, 0.05) is 18.6 Å². The molecule has 0 heterocycles. The maximum Gasteiger partial charge on any atom is 0.226 e. The van der Waals surface area contributed by atoms with Crippen LogP contribution in [0.15, 0.2) is 0 Å². The van der Waals surface area contributed by atoms with Gasteiger partial charge in [0.15, 0.2) is 0 Å². The Labute approximate surface area is 157 Å². The zero-order chi connectivity index (χ0) is 20.3. The molecule has 0 aromatic heterocycles. The van der Waals surface area contributed by atoms with Crippen molar-refractivity contribution >= 4 is 5.91 Å². The second kappa shape index (κ2) is 12.7. The minimum Gasteiger partial charge on any atom is -0.379 e. The molecule has 0 aliphatic rings. The first kappa shape index (κ1) is 26.6. The molecule has 25 heavy (non-hydrogen) atoms. The van der Waals surface area contributed by atoms with E-state index in [0.29, 0.717) is 38.3 Å². The number of hydrogen-bond acceptors (Lipinski definition) is 3. The van der Waals surface area contributed by atoms with Crippen LogP contribution in [-0.2, 0) is 14.3 Å². The SMILES string of the molecule is CC.CC(C)COCC(COCC(C)C)NC(=O)C(C)(C)C(C)(C)C. The smallest absolute Gasteiger partial charge is 0.226 e. The Morgan fingerprint density at radius 2 is 1.16 bits per heavy atom. The molecule has 0 fully saturated rings. The predicted octanol–water partition coefficient (Wildman–Crippen LogP) is 4.91. The Morgan fingerprint density at radius 3 is 1.44 bits per heavy atom. The molecule has 0 saturated heterocycles. The van der Waals surface area contributed by atoms with E-state index in [9.17, 15) is 4.79 Å². The molecule has 0 atom stereocenters. The number of amides is 1. The summed E-state index contributed by atoms with van der Waals surface area (Å²) in [5.41, 5.74) is -0.569. The van der Waals surface area contributed by atoms with Crippen LogP contribution in [0.25, 0.3) is 0 Å². The van der Waals surface area contributed by atoms with Crippen LogP contribution >= 0.6 is 0 Å². The normalized spacial score (nSPS) is 12.4. The van der Waals surface area contributed by atoms with Crippen LogP contribution in [0.3, 0.4) is 0 Å². The first-order valence-corrected chi connectivity index (χ1v) is 9.84. The van der Waals surface area contributed by atoms with Crippen molar-refractivity contribution in [3.63, 3.8) is 0 Å². The third-order valence-corrected chi connectivity index (χ3v) is 4.32. The van der Waals surface area contributed by atoms with Crippen LogP contribution in [0.1, 0.15) is 76.2 Å². The van der Waals surface area contributed by atoms with Gasteiger partial charge in [-0.2, -0.15) is 0 Å². The zero-order valence-corrected chi connectivity index (χ0v) is 18.8. The Kier molecular flexibility index (Phi) is 13.5. The molecule has 4 heteroatoms. The van der Waals surface area contributed by atoms with Crippen molar-refractivity contribution in [3.8, 4) is 0 Å². The Balaban J connectivity index is 0. The monoisotopic (exact) mass is 359 g/mol. The molecule has 152 valence electrons. The molecule has 0 saturated carbocycles. The summed E-state index contributed by atoms with van der Waals surface area (Å²) in [5.74, 6) is 1.01. The van der Waals surface area contributed by atoms with Gasteiger partial charge in [-0.15, -0.1) is 0 Å². The number of nitrogens with one attached hydrogen (secondary N) is 1. The molecule has 0 radical (unpaired) electrons. The summed E-state index contributed by atoms with van der Waals surface area (Å²) in [5, 5.41) is 3.12. The fourth-order valence-corrected chi connectivity index (χ4v) is 1.73. The van der Waals surface area contributed by atoms with E-state index in [0.717, 1.165) is 0 Å². The fraction of sp³-hybridized carbons (Fsp3) is 0.952.